The maximum Gasteiger partial charge on any atom is 0.123 e. The molecule has 0 bridgehead atoms. The van der Waals surface area contributed by atoms with E-state index in [1.54, 1.807) is 12.1 Å². The third kappa shape index (κ3) is 4.56. The van der Waals surface area contributed by atoms with Crippen molar-refractivity contribution in [1.82, 2.24) is 20.2 Å². The minimum absolute atomic E-state index is 0.247. The van der Waals surface area contributed by atoms with E-state index in [2.05, 4.69) is 62.4 Å². The van der Waals surface area contributed by atoms with Gasteiger partial charge in [-0.15, -0.1) is 0 Å². The Kier molecular flexibility index (Phi) is 6.16. The van der Waals surface area contributed by atoms with Crippen LogP contribution in [-0.4, -0.2) is 20.2 Å². The van der Waals surface area contributed by atoms with Gasteiger partial charge < -0.3 is 10.3 Å². The van der Waals surface area contributed by atoms with Crippen molar-refractivity contribution in [2.75, 3.05) is 5.32 Å². The van der Waals surface area contributed by atoms with Crippen molar-refractivity contribution in [2.45, 2.75) is 32.1 Å². The fourth-order valence-corrected chi connectivity index (χ4v) is 5.99. The number of anilines is 1. The average molecular weight is 528 g/mol. The molecule has 0 aliphatic heterocycles. The highest BCUT2D eigenvalue weighted by atomic mass is 19.1. The van der Waals surface area contributed by atoms with E-state index in [4.69, 9.17) is 0 Å². The van der Waals surface area contributed by atoms with Crippen LogP contribution in [0, 0.1) is 11.7 Å². The van der Waals surface area contributed by atoms with Gasteiger partial charge in [0.05, 0.1) is 23.1 Å². The van der Waals surface area contributed by atoms with Gasteiger partial charge in [0, 0.05) is 33.7 Å². The predicted octanol–water partition coefficient (Wildman–Crippen LogP) is 9.09. The molecule has 0 saturated heterocycles. The summed E-state index contributed by atoms with van der Waals surface area (Å²) >= 11 is 0. The number of pyridine rings is 1. The Labute approximate surface area is 232 Å². The van der Waals surface area contributed by atoms with Crippen molar-refractivity contribution in [2.24, 2.45) is 5.92 Å². The Morgan fingerprint density at radius 3 is 2.58 bits per heavy atom. The minimum Gasteiger partial charge on any atom is -0.358 e. The van der Waals surface area contributed by atoms with Gasteiger partial charge in [-0.3, -0.25) is 10.1 Å². The third-order valence-electron chi connectivity index (χ3n) is 8.09. The average Bonchev–Trinajstić information content (AvgIpc) is 3.61. The SMILES string of the molecule is C=C(Nc1cncc(-c2ccc3[nH]nc(-c4cc5c(-c6cccc(F)c6)cccc5[nH]4)c3c2)c1)C1CCCCC1. The van der Waals surface area contributed by atoms with E-state index in [0.29, 0.717) is 5.92 Å². The van der Waals surface area contributed by atoms with Crippen molar-refractivity contribution in [3.05, 3.63) is 103 Å². The Morgan fingerprint density at radius 1 is 0.825 bits per heavy atom. The van der Waals surface area contributed by atoms with Gasteiger partial charge in [-0.05, 0) is 77.9 Å². The zero-order chi connectivity index (χ0) is 27.1. The molecule has 6 heteroatoms. The van der Waals surface area contributed by atoms with E-state index in [1.807, 2.05) is 36.7 Å². The van der Waals surface area contributed by atoms with Gasteiger partial charge in [0.25, 0.3) is 0 Å². The topological polar surface area (TPSA) is 69.4 Å². The smallest absolute Gasteiger partial charge is 0.123 e. The lowest BCUT2D eigenvalue weighted by molar-refractivity contribution is 0.405. The van der Waals surface area contributed by atoms with Crippen molar-refractivity contribution in [1.29, 1.82) is 0 Å². The number of H-pyrrole nitrogens is 2. The molecule has 6 aromatic rings. The third-order valence-corrected chi connectivity index (χ3v) is 8.09. The first-order chi connectivity index (χ1) is 19.6. The largest absolute Gasteiger partial charge is 0.358 e. The molecular formula is C34H30FN5. The summed E-state index contributed by atoms with van der Waals surface area (Å²) in [5.74, 6) is 0.281. The number of halogens is 1. The molecule has 40 heavy (non-hydrogen) atoms. The quantitative estimate of drug-likeness (QED) is 0.202. The maximum atomic E-state index is 14.0. The molecule has 3 N–H and O–H groups in total. The predicted molar refractivity (Wildman–Crippen MR) is 161 cm³/mol. The lowest BCUT2D eigenvalue weighted by Gasteiger charge is -2.24. The van der Waals surface area contributed by atoms with Gasteiger partial charge in [-0.2, -0.15) is 5.10 Å². The van der Waals surface area contributed by atoms with Crippen LogP contribution in [-0.2, 0) is 0 Å². The molecule has 0 spiro atoms. The fraction of sp³-hybridized carbons (Fsp3) is 0.176. The summed E-state index contributed by atoms with van der Waals surface area (Å²) in [4.78, 5) is 8.05. The number of aromatic amines is 2. The number of aromatic nitrogens is 4. The summed E-state index contributed by atoms with van der Waals surface area (Å²) in [6.07, 6.45) is 10.0. The highest BCUT2D eigenvalue weighted by Gasteiger charge is 2.17. The maximum absolute atomic E-state index is 14.0. The Bertz CT molecular complexity index is 1860. The van der Waals surface area contributed by atoms with Crippen molar-refractivity contribution in [3.8, 4) is 33.6 Å². The Hall–Kier alpha value is -4.71. The van der Waals surface area contributed by atoms with E-state index >= 15 is 0 Å². The molecule has 3 aromatic heterocycles. The van der Waals surface area contributed by atoms with Gasteiger partial charge in [-0.1, -0.05) is 56.2 Å². The summed E-state index contributed by atoms with van der Waals surface area (Å²) in [6.45, 7) is 4.33. The van der Waals surface area contributed by atoms with Crippen molar-refractivity contribution in [3.63, 3.8) is 0 Å². The summed E-state index contributed by atoms with van der Waals surface area (Å²) in [7, 11) is 0. The zero-order valence-corrected chi connectivity index (χ0v) is 22.2. The van der Waals surface area contributed by atoms with E-state index in [0.717, 1.165) is 66.8 Å². The molecule has 7 rings (SSSR count). The van der Waals surface area contributed by atoms with Crippen LogP contribution in [0.2, 0.25) is 0 Å². The molecule has 0 atom stereocenters. The number of allylic oxidation sites excluding steroid dienone is 1. The molecule has 0 unspecified atom stereocenters. The van der Waals surface area contributed by atoms with Crippen LogP contribution in [0.25, 0.3) is 55.4 Å². The van der Waals surface area contributed by atoms with Crippen molar-refractivity contribution >= 4 is 27.5 Å². The molecule has 198 valence electrons. The highest BCUT2D eigenvalue weighted by molar-refractivity contribution is 6.01. The molecule has 1 fully saturated rings. The molecule has 1 saturated carbocycles. The van der Waals surface area contributed by atoms with Crippen molar-refractivity contribution < 1.29 is 4.39 Å². The molecule has 1 aliphatic rings. The van der Waals surface area contributed by atoms with E-state index in [1.165, 1.54) is 38.2 Å². The molecule has 3 aromatic carbocycles. The van der Waals surface area contributed by atoms with Gasteiger partial charge in [0.15, 0.2) is 0 Å². The van der Waals surface area contributed by atoms with Crippen LogP contribution < -0.4 is 5.32 Å². The minimum atomic E-state index is -0.247. The van der Waals surface area contributed by atoms with Gasteiger partial charge >= 0.3 is 0 Å². The Morgan fingerprint density at radius 2 is 1.70 bits per heavy atom. The van der Waals surface area contributed by atoms with Crippen LogP contribution in [0.4, 0.5) is 10.1 Å². The summed E-state index contributed by atoms with van der Waals surface area (Å²) in [5, 5.41) is 13.4. The summed E-state index contributed by atoms with van der Waals surface area (Å²) in [5.41, 5.74) is 9.63. The zero-order valence-electron chi connectivity index (χ0n) is 22.2. The van der Waals surface area contributed by atoms with E-state index < -0.39 is 0 Å². The standard InChI is InChI=1S/C34H30FN5/c1-21(22-7-3-2-4-8-22)37-27-16-25(19-36-20-27)23-13-14-32-30(17-23)34(40-39-32)33-18-29-28(11-6-12-31(29)38-33)24-9-5-10-26(35)15-24/h5-6,9-20,22,37-38H,1-4,7-8H2,(H,39,40). The van der Waals surface area contributed by atoms with Gasteiger partial charge in [0.1, 0.15) is 11.5 Å². The lowest BCUT2D eigenvalue weighted by atomic mass is 9.87. The molecular weight excluding hydrogens is 497 g/mol. The molecule has 5 nitrogen and oxygen atoms in total. The fourth-order valence-electron chi connectivity index (χ4n) is 5.99. The second-order valence-corrected chi connectivity index (χ2v) is 10.7. The number of fused-ring (bicyclic) bond motifs is 2. The first kappa shape index (κ1) is 24.3. The van der Waals surface area contributed by atoms with Crippen LogP contribution >= 0.6 is 0 Å². The summed E-state index contributed by atoms with van der Waals surface area (Å²) in [6, 6.07) is 23.3. The molecule has 0 radical (unpaired) electrons. The lowest BCUT2D eigenvalue weighted by Crippen LogP contribution is -2.14. The van der Waals surface area contributed by atoms with E-state index in [9.17, 15) is 4.39 Å². The molecule has 1 aliphatic carbocycles. The monoisotopic (exact) mass is 527 g/mol. The van der Waals surface area contributed by atoms with Gasteiger partial charge in [-0.25, -0.2) is 4.39 Å². The number of nitrogens with one attached hydrogen (secondary N) is 3. The second-order valence-electron chi connectivity index (χ2n) is 10.7. The van der Waals surface area contributed by atoms with Gasteiger partial charge in [0.2, 0.25) is 0 Å². The van der Waals surface area contributed by atoms with Crippen LogP contribution in [0.3, 0.4) is 0 Å². The van der Waals surface area contributed by atoms with Crippen LogP contribution in [0.5, 0.6) is 0 Å². The summed E-state index contributed by atoms with van der Waals surface area (Å²) < 4.78 is 14.0. The number of nitrogens with zero attached hydrogens (tertiary/aromatic N) is 2. The van der Waals surface area contributed by atoms with E-state index in [-0.39, 0.29) is 5.82 Å². The highest BCUT2D eigenvalue weighted by Crippen LogP contribution is 2.36. The second kappa shape index (κ2) is 10.1. The first-order valence-electron chi connectivity index (χ1n) is 13.9. The Balaban J connectivity index is 1.23. The van der Waals surface area contributed by atoms with Crippen LogP contribution in [0.15, 0.2) is 97.5 Å². The number of rotatable bonds is 6. The first-order valence-corrected chi connectivity index (χ1v) is 13.9. The normalized spacial score (nSPS) is 14.1. The number of hydrogen-bond acceptors (Lipinski definition) is 3. The number of benzene rings is 3. The molecule has 0 amide bonds. The van der Waals surface area contributed by atoms with Crippen LogP contribution in [0.1, 0.15) is 32.1 Å². The number of hydrogen-bond donors (Lipinski definition) is 3. The molecule has 3 heterocycles.